The Morgan fingerprint density at radius 1 is 1.00 bits per heavy atom. The van der Waals surface area contributed by atoms with Crippen LogP contribution in [0.3, 0.4) is 0 Å². The highest BCUT2D eigenvalue weighted by molar-refractivity contribution is 5.93. The molecule has 6 nitrogen and oxygen atoms in total. The highest BCUT2D eigenvalue weighted by Crippen LogP contribution is 2.10. The summed E-state index contributed by atoms with van der Waals surface area (Å²) in [6, 6.07) is 7.77. The van der Waals surface area contributed by atoms with E-state index in [-0.39, 0.29) is 11.8 Å². The van der Waals surface area contributed by atoms with E-state index in [9.17, 15) is 9.59 Å². The maximum Gasteiger partial charge on any atom is 0.251 e. The third kappa shape index (κ3) is 5.54. The molecule has 0 aliphatic carbocycles. The second-order valence-corrected chi connectivity index (χ2v) is 6.39. The van der Waals surface area contributed by atoms with E-state index < -0.39 is 0 Å². The minimum atomic E-state index is -0.0574. The van der Waals surface area contributed by atoms with E-state index in [0.29, 0.717) is 12.1 Å². The van der Waals surface area contributed by atoms with Gasteiger partial charge in [0.1, 0.15) is 0 Å². The lowest BCUT2D eigenvalue weighted by atomic mass is 10.1. The minimum Gasteiger partial charge on any atom is -0.355 e. The lowest BCUT2D eigenvalue weighted by Crippen LogP contribution is -2.49. The first-order valence-electron chi connectivity index (χ1n) is 9.10. The summed E-state index contributed by atoms with van der Waals surface area (Å²) in [6.07, 6.45) is 0. The fourth-order valence-corrected chi connectivity index (χ4v) is 3.14. The van der Waals surface area contributed by atoms with E-state index in [1.807, 2.05) is 43.0 Å². The van der Waals surface area contributed by atoms with Gasteiger partial charge in [-0.25, -0.2) is 0 Å². The molecule has 1 saturated heterocycles. The number of rotatable bonds is 7. The van der Waals surface area contributed by atoms with Crippen molar-refractivity contribution in [1.82, 2.24) is 20.0 Å². The highest BCUT2D eigenvalue weighted by Gasteiger charge is 2.20. The van der Waals surface area contributed by atoms with Gasteiger partial charge in [0.05, 0.1) is 6.54 Å². The highest BCUT2D eigenvalue weighted by atomic mass is 16.2. The van der Waals surface area contributed by atoms with Crippen LogP contribution in [-0.4, -0.2) is 79.4 Å². The first-order valence-corrected chi connectivity index (χ1v) is 9.10. The number of hydrogen-bond donors (Lipinski definition) is 1. The van der Waals surface area contributed by atoms with Crippen LogP contribution >= 0.6 is 0 Å². The number of amides is 2. The van der Waals surface area contributed by atoms with Crippen LogP contribution < -0.4 is 5.32 Å². The Kier molecular flexibility index (Phi) is 7.40. The van der Waals surface area contributed by atoms with Crippen LogP contribution in [0.25, 0.3) is 0 Å². The molecule has 1 aromatic rings. The molecule has 138 valence electrons. The molecule has 0 radical (unpaired) electrons. The fourth-order valence-electron chi connectivity index (χ4n) is 3.14. The monoisotopic (exact) mass is 346 g/mol. The third-order valence-electron chi connectivity index (χ3n) is 4.79. The zero-order valence-electron chi connectivity index (χ0n) is 15.6. The molecule has 1 aliphatic rings. The van der Waals surface area contributed by atoms with E-state index in [4.69, 9.17) is 0 Å². The summed E-state index contributed by atoms with van der Waals surface area (Å²) in [5.41, 5.74) is 1.89. The number of hydrogen-bond acceptors (Lipinski definition) is 4. The van der Waals surface area contributed by atoms with Crippen LogP contribution in [0.1, 0.15) is 29.8 Å². The molecule has 1 N–H and O–H groups in total. The largest absolute Gasteiger partial charge is 0.355 e. The van der Waals surface area contributed by atoms with Gasteiger partial charge in [0.15, 0.2) is 0 Å². The molecule has 1 aromatic carbocycles. The summed E-state index contributed by atoms with van der Waals surface area (Å²) in [6.45, 7) is 10.8. The molecule has 0 bridgehead atoms. The second kappa shape index (κ2) is 9.53. The zero-order valence-corrected chi connectivity index (χ0v) is 15.6. The molecule has 1 heterocycles. The summed E-state index contributed by atoms with van der Waals surface area (Å²) < 4.78 is 0. The Labute approximate surface area is 150 Å². The van der Waals surface area contributed by atoms with Crippen LogP contribution in [0.2, 0.25) is 0 Å². The fraction of sp³-hybridized carbons (Fsp3) is 0.579. The van der Waals surface area contributed by atoms with Crippen molar-refractivity contribution in [3.8, 4) is 0 Å². The SMILES string of the molecule is CCN(CC)C(=O)CN1CCN(Cc2ccc(C(=O)NC)cc2)CC1. The summed E-state index contributed by atoms with van der Waals surface area (Å²) in [4.78, 5) is 30.3. The Morgan fingerprint density at radius 2 is 1.56 bits per heavy atom. The van der Waals surface area contributed by atoms with E-state index >= 15 is 0 Å². The molecule has 1 aliphatic heterocycles. The van der Waals surface area contributed by atoms with Gasteiger partial charge in [-0.05, 0) is 31.5 Å². The van der Waals surface area contributed by atoms with Gasteiger partial charge < -0.3 is 10.2 Å². The Bertz CT molecular complexity index is 561. The first kappa shape index (κ1) is 19.4. The van der Waals surface area contributed by atoms with Gasteiger partial charge in [-0.15, -0.1) is 0 Å². The normalized spacial score (nSPS) is 15.8. The molecule has 6 heteroatoms. The van der Waals surface area contributed by atoms with Crippen molar-refractivity contribution in [3.63, 3.8) is 0 Å². The van der Waals surface area contributed by atoms with Crippen LogP contribution in [-0.2, 0) is 11.3 Å². The van der Waals surface area contributed by atoms with Crippen LogP contribution in [0.4, 0.5) is 0 Å². The number of nitrogens with zero attached hydrogens (tertiary/aromatic N) is 3. The number of nitrogens with one attached hydrogen (secondary N) is 1. The number of likely N-dealkylation sites (N-methyl/N-ethyl adjacent to an activating group) is 1. The summed E-state index contributed by atoms with van der Waals surface area (Å²) in [7, 11) is 1.64. The van der Waals surface area contributed by atoms with E-state index in [1.54, 1.807) is 7.05 Å². The van der Waals surface area contributed by atoms with Gasteiger partial charge in [-0.2, -0.15) is 0 Å². The average molecular weight is 346 g/mol. The van der Waals surface area contributed by atoms with E-state index in [0.717, 1.165) is 45.8 Å². The lowest BCUT2D eigenvalue weighted by Gasteiger charge is -2.35. The topological polar surface area (TPSA) is 55.9 Å². The zero-order chi connectivity index (χ0) is 18.2. The van der Waals surface area contributed by atoms with Crippen molar-refractivity contribution in [2.75, 3.05) is 52.9 Å². The molecule has 1 fully saturated rings. The number of benzene rings is 1. The molecule has 2 rings (SSSR count). The van der Waals surface area contributed by atoms with Crippen molar-refractivity contribution in [3.05, 3.63) is 35.4 Å². The Hall–Kier alpha value is -1.92. The Morgan fingerprint density at radius 3 is 2.08 bits per heavy atom. The molecule has 0 saturated carbocycles. The minimum absolute atomic E-state index is 0.0574. The first-order chi connectivity index (χ1) is 12.1. The van der Waals surface area contributed by atoms with Crippen molar-refractivity contribution < 1.29 is 9.59 Å². The van der Waals surface area contributed by atoms with Gasteiger partial charge in [0.25, 0.3) is 5.91 Å². The van der Waals surface area contributed by atoms with Crippen molar-refractivity contribution in [2.45, 2.75) is 20.4 Å². The second-order valence-electron chi connectivity index (χ2n) is 6.39. The molecule has 25 heavy (non-hydrogen) atoms. The molecular formula is C19H30N4O2. The maximum absolute atomic E-state index is 12.2. The molecule has 0 spiro atoms. The number of carbonyl (C=O) groups excluding carboxylic acids is 2. The average Bonchev–Trinajstić information content (AvgIpc) is 2.64. The maximum atomic E-state index is 12.2. The van der Waals surface area contributed by atoms with E-state index in [1.165, 1.54) is 5.56 Å². The number of piperazine rings is 1. The van der Waals surface area contributed by atoms with Crippen LogP contribution in [0, 0.1) is 0 Å². The van der Waals surface area contributed by atoms with Gasteiger partial charge in [-0.1, -0.05) is 12.1 Å². The Balaban J connectivity index is 1.78. The van der Waals surface area contributed by atoms with Crippen LogP contribution in [0.5, 0.6) is 0 Å². The third-order valence-corrected chi connectivity index (χ3v) is 4.79. The number of carbonyl (C=O) groups is 2. The molecule has 0 aromatic heterocycles. The molecule has 0 unspecified atom stereocenters. The summed E-state index contributed by atoms with van der Waals surface area (Å²) >= 11 is 0. The standard InChI is InChI=1S/C19H30N4O2/c1-4-23(5-2)18(24)15-22-12-10-21(11-13-22)14-16-6-8-17(9-7-16)19(25)20-3/h6-9H,4-5,10-15H2,1-3H3,(H,20,25). The van der Waals surface area contributed by atoms with Crippen molar-refractivity contribution in [2.24, 2.45) is 0 Å². The lowest BCUT2D eigenvalue weighted by molar-refractivity contribution is -0.132. The predicted octanol–water partition coefficient (Wildman–Crippen LogP) is 1.03. The van der Waals surface area contributed by atoms with Gasteiger partial charge >= 0.3 is 0 Å². The van der Waals surface area contributed by atoms with Gasteiger partial charge in [0, 0.05) is 58.4 Å². The van der Waals surface area contributed by atoms with Gasteiger partial charge in [0.2, 0.25) is 5.91 Å². The van der Waals surface area contributed by atoms with Gasteiger partial charge in [-0.3, -0.25) is 19.4 Å². The summed E-state index contributed by atoms with van der Waals surface area (Å²) in [5.74, 6) is 0.168. The predicted molar refractivity (Wildman–Crippen MR) is 99.5 cm³/mol. The molecule has 0 atom stereocenters. The summed E-state index contributed by atoms with van der Waals surface area (Å²) in [5, 5.41) is 2.63. The van der Waals surface area contributed by atoms with Crippen molar-refractivity contribution in [1.29, 1.82) is 0 Å². The van der Waals surface area contributed by atoms with E-state index in [2.05, 4.69) is 15.1 Å². The molecular weight excluding hydrogens is 316 g/mol. The molecule has 2 amide bonds. The van der Waals surface area contributed by atoms with Crippen LogP contribution in [0.15, 0.2) is 24.3 Å². The smallest absolute Gasteiger partial charge is 0.251 e. The van der Waals surface area contributed by atoms with Crippen molar-refractivity contribution >= 4 is 11.8 Å². The quantitative estimate of drug-likeness (QED) is 0.801.